The molecule has 0 aliphatic heterocycles. The predicted molar refractivity (Wildman–Crippen MR) is 74.2 cm³/mol. The quantitative estimate of drug-likeness (QED) is 0.793. The molecule has 0 amide bonds. The highest BCUT2D eigenvalue weighted by Crippen LogP contribution is 2.32. The van der Waals surface area contributed by atoms with E-state index in [1.807, 2.05) is 0 Å². The first-order chi connectivity index (χ1) is 9.39. The Hall–Kier alpha value is -1.62. The number of carboxylic acids is 1. The third-order valence-electron chi connectivity index (χ3n) is 4.06. The Kier molecular flexibility index (Phi) is 4.28. The summed E-state index contributed by atoms with van der Waals surface area (Å²) in [5, 5.41) is 22.4. The van der Waals surface area contributed by atoms with E-state index in [0.29, 0.717) is 43.5 Å². The molecule has 0 bridgehead atoms. The minimum absolute atomic E-state index is 0.281. The minimum Gasteiger partial charge on any atom is -0.481 e. The van der Waals surface area contributed by atoms with Gasteiger partial charge < -0.3 is 15.5 Å². The maximum atomic E-state index is 13.4. The number of halogens is 1. The van der Waals surface area contributed by atoms with Gasteiger partial charge in [-0.2, -0.15) is 0 Å². The van der Waals surface area contributed by atoms with Gasteiger partial charge >= 0.3 is 5.97 Å². The number of rotatable bonds is 4. The smallest absolute Gasteiger partial charge is 0.306 e. The van der Waals surface area contributed by atoms with Crippen molar-refractivity contribution in [2.24, 2.45) is 5.92 Å². The molecule has 0 heterocycles. The Labute approximate surface area is 117 Å². The van der Waals surface area contributed by atoms with Gasteiger partial charge in [0.1, 0.15) is 5.82 Å². The maximum Gasteiger partial charge on any atom is 0.306 e. The van der Waals surface area contributed by atoms with Crippen LogP contribution in [0.2, 0.25) is 0 Å². The fourth-order valence-corrected chi connectivity index (χ4v) is 2.55. The van der Waals surface area contributed by atoms with E-state index in [2.05, 4.69) is 5.32 Å². The topological polar surface area (TPSA) is 69.6 Å². The third kappa shape index (κ3) is 3.48. The summed E-state index contributed by atoms with van der Waals surface area (Å²) in [5.74, 6) is -1.43. The molecule has 0 radical (unpaired) electrons. The van der Waals surface area contributed by atoms with Crippen molar-refractivity contribution in [2.45, 2.75) is 38.2 Å². The van der Waals surface area contributed by atoms with Crippen molar-refractivity contribution < 1.29 is 19.4 Å². The molecule has 0 aromatic heterocycles. The van der Waals surface area contributed by atoms with E-state index in [4.69, 9.17) is 5.11 Å². The van der Waals surface area contributed by atoms with E-state index >= 15 is 0 Å². The SMILES string of the molecule is Cc1ccc(NCC2(O)CCC(C(=O)O)CC2)cc1F. The van der Waals surface area contributed by atoms with Crippen molar-refractivity contribution in [3.63, 3.8) is 0 Å². The number of hydrogen-bond acceptors (Lipinski definition) is 3. The third-order valence-corrected chi connectivity index (χ3v) is 4.06. The van der Waals surface area contributed by atoms with Gasteiger partial charge in [-0.1, -0.05) is 6.07 Å². The molecule has 1 aromatic rings. The van der Waals surface area contributed by atoms with Gasteiger partial charge in [-0.3, -0.25) is 4.79 Å². The molecule has 0 spiro atoms. The van der Waals surface area contributed by atoms with Crippen LogP contribution in [0.15, 0.2) is 18.2 Å². The first kappa shape index (κ1) is 14.8. The highest BCUT2D eigenvalue weighted by Gasteiger charge is 2.35. The summed E-state index contributed by atoms with van der Waals surface area (Å²) in [5.41, 5.74) is 0.297. The van der Waals surface area contributed by atoms with Gasteiger partial charge in [0.05, 0.1) is 11.5 Å². The van der Waals surface area contributed by atoms with E-state index in [1.165, 1.54) is 6.07 Å². The van der Waals surface area contributed by atoms with Crippen molar-refractivity contribution in [1.29, 1.82) is 0 Å². The molecule has 1 aromatic carbocycles. The maximum absolute atomic E-state index is 13.4. The lowest BCUT2D eigenvalue weighted by Gasteiger charge is -2.35. The van der Waals surface area contributed by atoms with Crippen LogP contribution in [0, 0.1) is 18.7 Å². The van der Waals surface area contributed by atoms with Crippen LogP contribution in [0.3, 0.4) is 0 Å². The number of hydrogen-bond donors (Lipinski definition) is 3. The van der Waals surface area contributed by atoms with Gasteiger partial charge in [-0.05, 0) is 50.3 Å². The summed E-state index contributed by atoms with van der Waals surface area (Å²) in [6.45, 7) is 2.00. The first-order valence-corrected chi connectivity index (χ1v) is 6.85. The van der Waals surface area contributed by atoms with Gasteiger partial charge in [0.2, 0.25) is 0 Å². The molecule has 1 fully saturated rings. The largest absolute Gasteiger partial charge is 0.481 e. The van der Waals surface area contributed by atoms with Gasteiger partial charge in [0.25, 0.3) is 0 Å². The molecule has 1 aliphatic rings. The zero-order valence-corrected chi connectivity index (χ0v) is 11.5. The number of anilines is 1. The van der Waals surface area contributed by atoms with Crippen LogP contribution in [-0.2, 0) is 4.79 Å². The fraction of sp³-hybridized carbons (Fsp3) is 0.533. The van der Waals surface area contributed by atoms with Crippen LogP contribution in [0.25, 0.3) is 0 Å². The molecule has 0 saturated heterocycles. The van der Waals surface area contributed by atoms with Crippen LogP contribution in [0.4, 0.5) is 10.1 Å². The second-order valence-corrected chi connectivity index (χ2v) is 5.65. The number of aliphatic carboxylic acids is 1. The van der Waals surface area contributed by atoms with Gasteiger partial charge in [0.15, 0.2) is 0 Å². The Morgan fingerprint density at radius 1 is 1.45 bits per heavy atom. The Morgan fingerprint density at radius 3 is 2.65 bits per heavy atom. The molecule has 1 saturated carbocycles. The lowest BCUT2D eigenvalue weighted by molar-refractivity contribution is -0.144. The van der Waals surface area contributed by atoms with Crippen molar-refractivity contribution >= 4 is 11.7 Å². The van der Waals surface area contributed by atoms with E-state index in [9.17, 15) is 14.3 Å². The molecular formula is C15H20FNO3. The van der Waals surface area contributed by atoms with Crippen molar-refractivity contribution in [1.82, 2.24) is 0 Å². The lowest BCUT2D eigenvalue weighted by Crippen LogP contribution is -2.41. The minimum atomic E-state index is -0.909. The molecule has 4 nitrogen and oxygen atoms in total. The second-order valence-electron chi connectivity index (χ2n) is 5.65. The Bertz CT molecular complexity index is 496. The van der Waals surface area contributed by atoms with Crippen LogP contribution < -0.4 is 5.32 Å². The zero-order valence-electron chi connectivity index (χ0n) is 11.5. The molecular weight excluding hydrogens is 261 g/mol. The number of carbonyl (C=O) groups is 1. The van der Waals surface area contributed by atoms with E-state index in [1.54, 1.807) is 19.1 Å². The average molecular weight is 281 g/mol. The number of nitrogens with one attached hydrogen (secondary N) is 1. The number of aryl methyl sites for hydroxylation is 1. The number of aliphatic hydroxyl groups is 1. The Morgan fingerprint density at radius 2 is 2.10 bits per heavy atom. The van der Waals surface area contributed by atoms with E-state index < -0.39 is 11.6 Å². The molecule has 1 aliphatic carbocycles. The van der Waals surface area contributed by atoms with Gasteiger partial charge in [-0.15, -0.1) is 0 Å². The van der Waals surface area contributed by atoms with Crippen LogP contribution in [0.5, 0.6) is 0 Å². The summed E-state index contributed by atoms with van der Waals surface area (Å²) in [7, 11) is 0. The number of benzene rings is 1. The molecule has 3 N–H and O–H groups in total. The second kappa shape index (κ2) is 5.79. The van der Waals surface area contributed by atoms with Crippen LogP contribution in [-0.4, -0.2) is 28.3 Å². The van der Waals surface area contributed by atoms with Crippen LogP contribution >= 0.6 is 0 Å². The average Bonchev–Trinajstić information content (AvgIpc) is 2.41. The first-order valence-electron chi connectivity index (χ1n) is 6.85. The van der Waals surface area contributed by atoms with Gasteiger partial charge in [0, 0.05) is 12.2 Å². The summed E-state index contributed by atoms with van der Waals surface area (Å²) < 4.78 is 13.4. The molecule has 0 unspecified atom stereocenters. The molecule has 20 heavy (non-hydrogen) atoms. The molecule has 5 heteroatoms. The van der Waals surface area contributed by atoms with E-state index in [0.717, 1.165) is 0 Å². The predicted octanol–water partition coefficient (Wildman–Crippen LogP) is 2.55. The van der Waals surface area contributed by atoms with Crippen LogP contribution in [0.1, 0.15) is 31.2 Å². The zero-order chi connectivity index (χ0) is 14.8. The normalized spacial score (nSPS) is 26.2. The molecule has 110 valence electrons. The summed E-state index contributed by atoms with van der Waals surface area (Å²) >= 11 is 0. The fourth-order valence-electron chi connectivity index (χ4n) is 2.55. The lowest BCUT2D eigenvalue weighted by atomic mass is 9.79. The monoisotopic (exact) mass is 281 g/mol. The number of carboxylic acid groups (broad SMARTS) is 1. The summed E-state index contributed by atoms with van der Waals surface area (Å²) in [4.78, 5) is 10.9. The highest BCUT2D eigenvalue weighted by atomic mass is 19.1. The molecule has 2 rings (SSSR count). The van der Waals surface area contributed by atoms with Crippen molar-refractivity contribution in [3.05, 3.63) is 29.6 Å². The molecule has 0 atom stereocenters. The highest BCUT2D eigenvalue weighted by molar-refractivity contribution is 5.70. The standard InChI is InChI=1S/C15H20FNO3/c1-10-2-3-12(8-13(10)16)17-9-15(20)6-4-11(5-7-15)14(18)19/h2-3,8,11,17,20H,4-7,9H2,1H3,(H,18,19). The van der Waals surface area contributed by atoms with Gasteiger partial charge in [-0.25, -0.2) is 4.39 Å². The summed E-state index contributed by atoms with van der Waals surface area (Å²) in [6.07, 6.45) is 1.86. The Balaban J connectivity index is 1.90. The van der Waals surface area contributed by atoms with Crippen molar-refractivity contribution in [2.75, 3.05) is 11.9 Å². The summed E-state index contributed by atoms with van der Waals surface area (Å²) in [6, 6.07) is 4.86. The van der Waals surface area contributed by atoms with Crippen molar-refractivity contribution in [3.8, 4) is 0 Å². The van der Waals surface area contributed by atoms with E-state index in [-0.39, 0.29) is 11.7 Å².